The van der Waals surface area contributed by atoms with Crippen LogP contribution >= 0.6 is 11.6 Å². The molecule has 0 radical (unpaired) electrons. The van der Waals surface area contributed by atoms with Gasteiger partial charge in [0.05, 0.1) is 6.10 Å². The van der Waals surface area contributed by atoms with Gasteiger partial charge in [-0.2, -0.15) is 4.98 Å². The van der Waals surface area contributed by atoms with Crippen LogP contribution in [0.4, 0.5) is 11.8 Å². The van der Waals surface area contributed by atoms with Crippen LogP contribution in [0.2, 0.25) is 5.02 Å². The number of piperidine rings is 1. The Morgan fingerprint density at radius 1 is 1.22 bits per heavy atom. The second-order valence-electron chi connectivity index (χ2n) is 6.05. The van der Waals surface area contributed by atoms with Crippen molar-refractivity contribution in [1.29, 1.82) is 0 Å². The smallest absolute Gasteiger partial charge is 0.222 e. The molecule has 0 bridgehead atoms. The standard InChI is InChI=1S/C17H21ClN4O/c1-11-10-15(21-17(19)20-11)22-8-6-13(7-9-22)16(23)12-2-4-14(18)5-3-12/h2-5,10,13,16,23H,6-9H2,1H3,(H2,19,20,21)/t16-/m0/s1. The van der Waals surface area contributed by atoms with E-state index >= 15 is 0 Å². The molecule has 0 unspecified atom stereocenters. The van der Waals surface area contributed by atoms with E-state index in [1.54, 1.807) is 0 Å². The molecule has 1 atom stereocenters. The van der Waals surface area contributed by atoms with Gasteiger partial charge in [-0.25, -0.2) is 4.98 Å². The van der Waals surface area contributed by atoms with Crippen LogP contribution in [0.15, 0.2) is 30.3 Å². The number of aliphatic hydroxyl groups excluding tert-OH is 1. The van der Waals surface area contributed by atoms with Gasteiger partial charge in [0.15, 0.2) is 0 Å². The number of nitrogen functional groups attached to an aromatic ring is 1. The second kappa shape index (κ2) is 6.72. The normalized spacial score (nSPS) is 17.3. The van der Waals surface area contributed by atoms with Gasteiger partial charge in [-0.15, -0.1) is 0 Å². The SMILES string of the molecule is Cc1cc(N2CCC([C@@H](O)c3ccc(Cl)cc3)CC2)nc(N)n1. The number of rotatable bonds is 3. The minimum Gasteiger partial charge on any atom is -0.388 e. The van der Waals surface area contributed by atoms with Crippen LogP contribution in [0.1, 0.15) is 30.2 Å². The van der Waals surface area contributed by atoms with Crippen molar-refractivity contribution < 1.29 is 5.11 Å². The molecule has 0 saturated carbocycles. The molecule has 1 aliphatic rings. The number of aromatic nitrogens is 2. The van der Waals surface area contributed by atoms with Crippen molar-refractivity contribution in [1.82, 2.24) is 9.97 Å². The van der Waals surface area contributed by atoms with Gasteiger partial charge in [-0.05, 0) is 43.4 Å². The summed E-state index contributed by atoms with van der Waals surface area (Å²) in [6, 6.07) is 9.39. The molecule has 2 aromatic rings. The predicted octanol–water partition coefficient (Wildman–Crippen LogP) is 2.97. The van der Waals surface area contributed by atoms with Crippen molar-refractivity contribution in [3.8, 4) is 0 Å². The average Bonchev–Trinajstić information content (AvgIpc) is 2.54. The molecule has 3 rings (SSSR count). The Hall–Kier alpha value is -1.85. The Labute approximate surface area is 141 Å². The molecular formula is C17H21ClN4O. The second-order valence-corrected chi connectivity index (χ2v) is 6.48. The number of nitrogens with zero attached hydrogens (tertiary/aromatic N) is 3. The third-order valence-electron chi connectivity index (χ3n) is 4.38. The molecular weight excluding hydrogens is 312 g/mol. The first-order valence-corrected chi connectivity index (χ1v) is 8.20. The molecule has 1 aliphatic heterocycles. The molecule has 23 heavy (non-hydrogen) atoms. The van der Waals surface area contributed by atoms with E-state index in [-0.39, 0.29) is 5.92 Å². The van der Waals surface area contributed by atoms with Gasteiger partial charge in [0.2, 0.25) is 5.95 Å². The number of halogens is 1. The number of benzene rings is 1. The zero-order valence-corrected chi connectivity index (χ0v) is 13.9. The lowest BCUT2D eigenvalue weighted by Crippen LogP contribution is -2.36. The quantitative estimate of drug-likeness (QED) is 0.903. The van der Waals surface area contributed by atoms with E-state index in [1.165, 1.54) is 0 Å². The van der Waals surface area contributed by atoms with Crippen molar-refractivity contribution >= 4 is 23.4 Å². The van der Waals surface area contributed by atoms with E-state index in [2.05, 4.69) is 14.9 Å². The summed E-state index contributed by atoms with van der Waals surface area (Å²) in [7, 11) is 0. The number of aliphatic hydroxyl groups is 1. The number of hydrogen-bond acceptors (Lipinski definition) is 5. The molecule has 0 aliphatic carbocycles. The van der Waals surface area contributed by atoms with Crippen LogP contribution in [-0.4, -0.2) is 28.2 Å². The lowest BCUT2D eigenvalue weighted by atomic mass is 9.87. The monoisotopic (exact) mass is 332 g/mol. The Kier molecular flexibility index (Phi) is 4.68. The zero-order valence-electron chi connectivity index (χ0n) is 13.1. The molecule has 5 nitrogen and oxygen atoms in total. The number of hydrogen-bond donors (Lipinski definition) is 2. The van der Waals surface area contributed by atoms with E-state index < -0.39 is 6.10 Å². The fraction of sp³-hybridized carbons (Fsp3) is 0.412. The van der Waals surface area contributed by atoms with E-state index in [0.717, 1.165) is 43.0 Å². The van der Waals surface area contributed by atoms with Gasteiger partial charge in [0.25, 0.3) is 0 Å². The summed E-state index contributed by atoms with van der Waals surface area (Å²) >= 11 is 5.90. The topological polar surface area (TPSA) is 75.3 Å². The first-order chi connectivity index (χ1) is 11.0. The van der Waals surface area contributed by atoms with Crippen molar-refractivity contribution in [2.45, 2.75) is 25.9 Å². The first kappa shape index (κ1) is 16.0. The molecule has 1 aromatic carbocycles. The zero-order chi connectivity index (χ0) is 16.4. The Bertz CT molecular complexity index is 649. The van der Waals surface area contributed by atoms with Crippen molar-refractivity contribution in [2.75, 3.05) is 23.7 Å². The van der Waals surface area contributed by atoms with Gasteiger partial charge in [0, 0.05) is 29.9 Å². The summed E-state index contributed by atoms with van der Waals surface area (Å²) in [5.74, 6) is 1.42. The third-order valence-corrected chi connectivity index (χ3v) is 4.63. The van der Waals surface area contributed by atoms with Crippen LogP contribution in [0.25, 0.3) is 0 Å². The number of anilines is 2. The molecule has 0 spiro atoms. The van der Waals surface area contributed by atoms with Crippen LogP contribution in [-0.2, 0) is 0 Å². The lowest BCUT2D eigenvalue weighted by Gasteiger charge is -2.35. The number of aryl methyl sites for hydroxylation is 1. The Balaban J connectivity index is 1.64. The highest BCUT2D eigenvalue weighted by molar-refractivity contribution is 6.30. The molecule has 1 fully saturated rings. The molecule has 1 saturated heterocycles. The molecule has 6 heteroatoms. The maximum Gasteiger partial charge on any atom is 0.222 e. The van der Waals surface area contributed by atoms with E-state index in [9.17, 15) is 5.11 Å². The maximum absolute atomic E-state index is 10.6. The van der Waals surface area contributed by atoms with Gasteiger partial charge in [0.1, 0.15) is 5.82 Å². The summed E-state index contributed by atoms with van der Waals surface area (Å²) in [5.41, 5.74) is 7.53. The van der Waals surface area contributed by atoms with E-state index in [1.807, 2.05) is 37.3 Å². The fourth-order valence-electron chi connectivity index (χ4n) is 3.11. The lowest BCUT2D eigenvalue weighted by molar-refractivity contribution is 0.0929. The van der Waals surface area contributed by atoms with Crippen molar-refractivity contribution in [3.05, 3.63) is 46.6 Å². The van der Waals surface area contributed by atoms with Crippen molar-refractivity contribution in [3.63, 3.8) is 0 Å². The molecule has 2 heterocycles. The van der Waals surface area contributed by atoms with Crippen LogP contribution in [0, 0.1) is 12.8 Å². The summed E-state index contributed by atoms with van der Waals surface area (Å²) < 4.78 is 0. The van der Waals surface area contributed by atoms with Crippen LogP contribution < -0.4 is 10.6 Å². The maximum atomic E-state index is 10.6. The molecule has 0 amide bonds. The minimum absolute atomic E-state index is 0.243. The summed E-state index contributed by atoms with van der Waals surface area (Å²) in [4.78, 5) is 10.6. The Morgan fingerprint density at radius 2 is 1.87 bits per heavy atom. The highest BCUT2D eigenvalue weighted by Crippen LogP contribution is 2.32. The first-order valence-electron chi connectivity index (χ1n) is 7.82. The molecule has 3 N–H and O–H groups in total. The molecule has 122 valence electrons. The van der Waals surface area contributed by atoms with Gasteiger partial charge >= 0.3 is 0 Å². The highest BCUT2D eigenvalue weighted by Gasteiger charge is 2.27. The largest absolute Gasteiger partial charge is 0.388 e. The number of nitrogens with two attached hydrogens (primary N) is 1. The van der Waals surface area contributed by atoms with Gasteiger partial charge in [-0.3, -0.25) is 0 Å². The van der Waals surface area contributed by atoms with E-state index in [4.69, 9.17) is 17.3 Å². The average molecular weight is 333 g/mol. The minimum atomic E-state index is -0.452. The van der Waals surface area contributed by atoms with Gasteiger partial charge < -0.3 is 15.7 Å². The third kappa shape index (κ3) is 3.74. The summed E-state index contributed by atoms with van der Waals surface area (Å²) in [6.45, 7) is 3.62. The fourth-order valence-corrected chi connectivity index (χ4v) is 3.24. The highest BCUT2D eigenvalue weighted by atomic mass is 35.5. The van der Waals surface area contributed by atoms with E-state index in [0.29, 0.717) is 11.0 Å². The summed E-state index contributed by atoms with van der Waals surface area (Å²) in [6.07, 6.45) is 1.37. The summed E-state index contributed by atoms with van der Waals surface area (Å²) in [5, 5.41) is 11.3. The predicted molar refractivity (Wildman–Crippen MR) is 92.5 cm³/mol. The van der Waals surface area contributed by atoms with Crippen LogP contribution in [0.3, 0.4) is 0 Å². The Morgan fingerprint density at radius 3 is 2.48 bits per heavy atom. The van der Waals surface area contributed by atoms with Crippen molar-refractivity contribution in [2.24, 2.45) is 5.92 Å². The van der Waals surface area contributed by atoms with Gasteiger partial charge in [-0.1, -0.05) is 23.7 Å². The molecule has 1 aromatic heterocycles. The van der Waals surface area contributed by atoms with Crippen LogP contribution in [0.5, 0.6) is 0 Å².